The minimum Gasteiger partial charge on any atom is -0.497 e. The van der Waals surface area contributed by atoms with Crippen molar-refractivity contribution in [2.45, 2.75) is 27.4 Å². The van der Waals surface area contributed by atoms with E-state index in [0.717, 1.165) is 27.2 Å². The third kappa shape index (κ3) is 5.09. The Balaban J connectivity index is 1.70. The second-order valence-electron chi connectivity index (χ2n) is 8.43. The van der Waals surface area contributed by atoms with E-state index in [1.54, 1.807) is 38.3 Å². The van der Waals surface area contributed by atoms with E-state index >= 15 is 0 Å². The monoisotopic (exact) mass is 470 g/mol. The molecule has 1 N–H and O–H groups in total. The molecular weight excluding hydrogens is 444 g/mol. The SMILES string of the molecule is COc1ccc(/C=C2\C(=O)NC(=O)N(c3cc(C)ccc3C)C2=O)c(OCc2ccc(C)cc2)c1. The maximum Gasteiger partial charge on any atom is 0.335 e. The van der Waals surface area contributed by atoms with Crippen molar-refractivity contribution < 1.29 is 23.9 Å². The van der Waals surface area contributed by atoms with Gasteiger partial charge in [0.1, 0.15) is 23.7 Å². The Hall–Kier alpha value is -4.39. The fourth-order valence-electron chi connectivity index (χ4n) is 3.72. The third-order valence-electron chi connectivity index (χ3n) is 5.74. The first kappa shape index (κ1) is 23.8. The minimum absolute atomic E-state index is 0.171. The molecule has 3 aromatic rings. The fraction of sp³-hybridized carbons (Fsp3) is 0.179. The zero-order chi connectivity index (χ0) is 25.1. The summed E-state index contributed by atoms with van der Waals surface area (Å²) in [4.78, 5) is 39.7. The van der Waals surface area contributed by atoms with Gasteiger partial charge in [-0.25, -0.2) is 9.69 Å². The van der Waals surface area contributed by atoms with E-state index in [0.29, 0.717) is 22.7 Å². The Morgan fingerprint density at radius 1 is 0.886 bits per heavy atom. The summed E-state index contributed by atoms with van der Waals surface area (Å²) in [6.45, 7) is 5.97. The molecule has 0 aliphatic carbocycles. The van der Waals surface area contributed by atoms with E-state index in [1.165, 1.54) is 6.08 Å². The van der Waals surface area contributed by atoms with Gasteiger partial charge in [0.2, 0.25) is 0 Å². The molecule has 0 aromatic heterocycles. The summed E-state index contributed by atoms with van der Waals surface area (Å²) in [5.74, 6) is -0.458. The molecule has 178 valence electrons. The number of carbonyl (C=O) groups excluding carboxylic acids is 3. The normalized spacial score (nSPS) is 14.8. The number of amides is 4. The van der Waals surface area contributed by atoms with Crippen molar-refractivity contribution in [1.29, 1.82) is 0 Å². The molecule has 0 radical (unpaired) electrons. The number of carbonyl (C=O) groups is 3. The van der Waals surface area contributed by atoms with Crippen molar-refractivity contribution in [3.63, 3.8) is 0 Å². The van der Waals surface area contributed by atoms with E-state index in [4.69, 9.17) is 9.47 Å². The molecule has 1 saturated heterocycles. The number of rotatable bonds is 6. The predicted molar refractivity (Wildman–Crippen MR) is 133 cm³/mol. The molecule has 1 fully saturated rings. The van der Waals surface area contributed by atoms with Gasteiger partial charge in [-0.05, 0) is 61.7 Å². The highest BCUT2D eigenvalue weighted by molar-refractivity contribution is 6.39. The maximum atomic E-state index is 13.4. The van der Waals surface area contributed by atoms with Crippen LogP contribution in [0.3, 0.4) is 0 Å². The standard InChI is InChI=1S/C28H26N2O5/c1-17-6-9-20(10-7-17)16-35-25-15-22(34-4)12-11-21(25)14-23-26(31)29-28(33)30(27(23)32)24-13-18(2)5-8-19(24)3/h5-15H,16H2,1-4H3,(H,29,31,33)/b23-14+. The smallest absolute Gasteiger partial charge is 0.335 e. The van der Waals surface area contributed by atoms with Gasteiger partial charge in [-0.15, -0.1) is 0 Å². The molecule has 1 heterocycles. The molecule has 4 amide bonds. The number of benzene rings is 3. The van der Waals surface area contributed by atoms with Gasteiger partial charge < -0.3 is 9.47 Å². The van der Waals surface area contributed by atoms with Gasteiger partial charge >= 0.3 is 6.03 Å². The van der Waals surface area contributed by atoms with Crippen LogP contribution in [0, 0.1) is 20.8 Å². The average Bonchev–Trinajstić information content (AvgIpc) is 2.83. The lowest BCUT2D eigenvalue weighted by Gasteiger charge is -2.28. The van der Waals surface area contributed by atoms with Crippen molar-refractivity contribution in [3.05, 3.63) is 94.1 Å². The van der Waals surface area contributed by atoms with Gasteiger partial charge in [0, 0.05) is 11.6 Å². The second kappa shape index (κ2) is 9.85. The van der Waals surface area contributed by atoms with Crippen molar-refractivity contribution in [2.24, 2.45) is 0 Å². The third-order valence-corrected chi connectivity index (χ3v) is 5.74. The van der Waals surface area contributed by atoms with Gasteiger partial charge in [-0.1, -0.05) is 42.0 Å². The highest BCUT2D eigenvalue weighted by atomic mass is 16.5. The molecule has 0 unspecified atom stereocenters. The molecule has 0 bridgehead atoms. The molecule has 0 saturated carbocycles. The van der Waals surface area contributed by atoms with Crippen LogP contribution in [0.1, 0.15) is 27.8 Å². The largest absolute Gasteiger partial charge is 0.497 e. The van der Waals surface area contributed by atoms with Gasteiger partial charge in [0.05, 0.1) is 12.8 Å². The van der Waals surface area contributed by atoms with Crippen molar-refractivity contribution in [3.8, 4) is 11.5 Å². The Labute approximate surface area is 204 Å². The number of urea groups is 1. The maximum absolute atomic E-state index is 13.4. The summed E-state index contributed by atoms with van der Waals surface area (Å²) in [5.41, 5.74) is 4.49. The molecule has 1 aliphatic heterocycles. The Morgan fingerprint density at radius 2 is 1.60 bits per heavy atom. The van der Waals surface area contributed by atoms with E-state index in [9.17, 15) is 14.4 Å². The minimum atomic E-state index is -0.781. The lowest BCUT2D eigenvalue weighted by molar-refractivity contribution is -0.122. The Kier molecular flexibility index (Phi) is 6.68. The van der Waals surface area contributed by atoms with Crippen LogP contribution in [0.2, 0.25) is 0 Å². The second-order valence-corrected chi connectivity index (χ2v) is 8.43. The van der Waals surface area contributed by atoms with Crippen molar-refractivity contribution in [2.75, 3.05) is 12.0 Å². The number of aryl methyl sites for hydroxylation is 3. The van der Waals surface area contributed by atoms with Gasteiger partial charge in [0.25, 0.3) is 11.8 Å². The van der Waals surface area contributed by atoms with E-state index < -0.39 is 17.8 Å². The molecule has 35 heavy (non-hydrogen) atoms. The highest BCUT2D eigenvalue weighted by Gasteiger charge is 2.37. The lowest BCUT2D eigenvalue weighted by Crippen LogP contribution is -2.54. The average molecular weight is 471 g/mol. The first-order valence-corrected chi connectivity index (χ1v) is 11.1. The van der Waals surface area contributed by atoms with E-state index in [-0.39, 0.29) is 12.2 Å². The van der Waals surface area contributed by atoms with Crippen LogP contribution in [0.5, 0.6) is 11.5 Å². The Bertz CT molecular complexity index is 1340. The molecular formula is C28H26N2O5. The lowest BCUT2D eigenvalue weighted by atomic mass is 10.0. The van der Waals surface area contributed by atoms with Gasteiger partial charge in [0.15, 0.2) is 0 Å². The van der Waals surface area contributed by atoms with Crippen LogP contribution in [-0.4, -0.2) is 25.0 Å². The van der Waals surface area contributed by atoms with E-state index in [2.05, 4.69) is 5.32 Å². The Morgan fingerprint density at radius 3 is 2.31 bits per heavy atom. The number of nitrogens with one attached hydrogen (secondary N) is 1. The molecule has 7 nitrogen and oxygen atoms in total. The molecule has 7 heteroatoms. The first-order chi connectivity index (χ1) is 16.8. The molecule has 4 rings (SSSR count). The molecule has 3 aromatic carbocycles. The van der Waals surface area contributed by atoms with E-state index in [1.807, 2.05) is 50.2 Å². The number of barbiturate groups is 1. The fourth-order valence-corrected chi connectivity index (χ4v) is 3.72. The number of imide groups is 2. The van der Waals surface area contributed by atoms with Crippen LogP contribution >= 0.6 is 0 Å². The predicted octanol–water partition coefficient (Wildman–Crippen LogP) is 4.87. The van der Waals surface area contributed by atoms with Crippen LogP contribution in [0.25, 0.3) is 6.08 Å². The van der Waals surface area contributed by atoms with Crippen molar-refractivity contribution >= 4 is 29.6 Å². The number of hydrogen-bond donors (Lipinski definition) is 1. The van der Waals surface area contributed by atoms with Gasteiger partial charge in [-0.3, -0.25) is 14.9 Å². The van der Waals surface area contributed by atoms with Gasteiger partial charge in [-0.2, -0.15) is 0 Å². The quantitative estimate of drug-likeness (QED) is 0.411. The summed E-state index contributed by atoms with van der Waals surface area (Å²) < 4.78 is 11.4. The summed E-state index contributed by atoms with van der Waals surface area (Å²) >= 11 is 0. The number of anilines is 1. The number of methoxy groups -OCH3 is 1. The van der Waals surface area contributed by atoms with Crippen LogP contribution in [-0.2, 0) is 16.2 Å². The zero-order valence-corrected chi connectivity index (χ0v) is 20.0. The number of hydrogen-bond acceptors (Lipinski definition) is 5. The summed E-state index contributed by atoms with van der Waals surface area (Å²) in [7, 11) is 1.54. The summed E-state index contributed by atoms with van der Waals surface area (Å²) in [6.07, 6.45) is 1.44. The number of ether oxygens (including phenoxy) is 2. The zero-order valence-electron chi connectivity index (χ0n) is 20.0. The van der Waals surface area contributed by atoms with Crippen LogP contribution < -0.4 is 19.7 Å². The topological polar surface area (TPSA) is 84.9 Å². The molecule has 0 spiro atoms. The van der Waals surface area contributed by atoms with Crippen molar-refractivity contribution in [1.82, 2.24) is 5.32 Å². The number of nitrogens with zero attached hydrogens (tertiary/aromatic N) is 1. The van der Waals surface area contributed by atoms with Crippen LogP contribution in [0.4, 0.5) is 10.5 Å². The molecule has 0 atom stereocenters. The summed E-state index contributed by atoms with van der Waals surface area (Å²) in [6, 6.07) is 17.7. The summed E-state index contributed by atoms with van der Waals surface area (Å²) in [5, 5.41) is 2.27. The molecule has 1 aliphatic rings. The van der Waals surface area contributed by atoms with Crippen LogP contribution in [0.15, 0.2) is 66.2 Å². The highest BCUT2D eigenvalue weighted by Crippen LogP contribution is 2.30. The first-order valence-electron chi connectivity index (χ1n) is 11.1.